The number of rotatable bonds is 4. The first-order valence-corrected chi connectivity index (χ1v) is 6.26. The molecule has 0 bridgehead atoms. The predicted molar refractivity (Wildman–Crippen MR) is 68.7 cm³/mol. The normalized spacial score (nSPS) is 10.8. The first-order valence-electron chi connectivity index (χ1n) is 5.09. The first kappa shape index (κ1) is 12.5. The van der Waals surface area contributed by atoms with Crippen LogP contribution in [0.4, 0.5) is 0 Å². The van der Waals surface area contributed by atoms with Gasteiger partial charge in [0.2, 0.25) is 5.89 Å². The van der Waals surface area contributed by atoms with Crippen molar-refractivity contribution >= 4 is 27.5 Å². The molecule has 1 aromatic heterocycles. The molecule has 0 saturated heterocycles. The molecule has 0 amide bonds. The third kappa shape index (κ3) is 3.52. The van der Waals surface area contributed by atoms with Gasteiger partial charge in [-0.1, -0.05) is 32.7 Å². The number of nitrogens with one attached hydrogen (secondary N) is 1. The Balaban J connectivity index is 1.91. The SMILES string of the molecule is Cc1nc(CNCc2cc(Cl)ccc2Br)no1. The van der Waals surface area contributed by atoms with Crippen molar-refractivity contribution in [3.63, 3.8) is 0 Å². The fourth-order valence-corrected chi connectivity index (χ4v) is 1.98. The summed E-state index contributed by atoms with van der Waals surface area (Å²) in [4.78, 5) is 4.10. The molecule has 0 aliphatic rings. The molecule has 0 unspecified atom stereocenters. The van der Waals surface area contributed by atoms with E-state index in [2.05, 4.69) is 31.4 Å². The van der Waals surface area contributed by atoms with E-state index in [1.807, 2.05) is 18.2 Å². The van der Waals surface area contributed by atoms with E-state index in [4.69, 9.17) is 16.1 Å². The number of aromatic nitrogens is 2. The second kappa shape index (κ2) is 5.62. The van der Waals surface area contributed by atoms with Gasteiger partial charge in [0.05, 0.1) is 6.54 Å². The lowest BCUT2D eigenvalue weighted by Crippen LogP contribution is -2.14. The molecule has 0 fully saturated rings. The molecule has 0 saturated carbocycles. The first-order chi connectivity index (χ1) is 8.15. The summed E-state index contributed by atoms with van der Waals surface area (Å²) in [5.41, 5.74) is 1.10. The van der Waals surface area contributed by atoms with Gasteiger partial charge < -0.3 is 9.84 Å². The van der Waals surface area contributed by atoms with Crippen LogP contribution in [0.2, 0.25) is 5.02 Å². The Labute approximate surface area is 112 Å². The Morgan fingerprint density at radius 1 is 1.41 bits per heavy atom. The molecule has 0 aliphatic heterocycles. The highest BCUT2D eigenvalue weighted by atomic mass is 79.9. The van der Waals surface area contributed by atoms with Crippen LogP contribution in [-0.4, -0.2) is 10.1 Å². The van der Waals surface area contributed by atoms with E-state index in [1.165, 1.54) is 0 Å². The molecule has 90 valence electrons. The van der Waals surface area contributed by atoms with Crippen molar-refractivity contribution < 1.29 is 4.52 Å². The Morgan fingerprint density at radius 2 is 2.24 bits per heavy atom. The van der Waals surface area contributed by atoms with Crippen LogP contribution in [-0.2, 0) is 13.1 Å². The van der Waals surface area contributed by atoms with Gasteiger partial charge in [-0.25, -0.2) is 0 Å². The second-order valence-corrected chi connectivity index (χ2v) is 4.86. The van der Waals surface area contributed by atoms with Crippen molar-refractivity contribution in [3.05, 3.63) is 45.0 Å². The Bertz CT molecular complexity index is 515. The summed E-state index contributed by atoms with van der Waals surface area (Å²) in [7, 11) is 0. The summed E-state index contributed by atoms with van der Waals surface area (Å²) in [6, 6.07) is 5.69. The summed E-state index contributed by atoms with van der Waals surface area (Å²) in [5.74, 6) is 1.23. The molecule has 1 N–H and O–H groups in total. The molecule has 17 heavy (non-hydrogen) atoms. The van der Waals surface area contributed by atoms with E-state index in [9.17, 15) is 0 Å². The van der Waals surface area contributed by atoms with E-state index >= 15 is 0 Å². The lowest BCUT2D eigenvalue weighted by atomic mass is 10.2. The minimum absolute atomic E-state index is 0.566. The largest absolute Gasteiger partial charge is 0.340 e. The van der Waals surface area contributed by atoms with Crippen LogP contribution in [0.5, 0.6) is 0 Å². The molecule has 4 nitrogen and oxygen atoms in total. The van der Waals surface area contributed by atoms with E-state index in [0.717, 1.165) is 15.1 Å². The lowest BCUT2D eigenvalue weighted by molar-refractivity contribution is 0.385. The topological polar surface area (TPSA) is 51.0 Å². The Morgan fingerprint density at radius 3 is 2.94 bits per heavy atom. The Hall–Kier alpha value is -0.910. The van der Waals surface area contributed by atoms with Crippen molar-refractivity contribution in [2.45, 2.75) is 20.0 Å². The number of halogens is 2. The summed E-state index contributed by atoms with van der Waals surface area (Å²) in [6.07, 6.45) is 0. The van der Waals surface area contributed by atoms with Gasteiger partial charge in [-0.15, -0.1) is 0 Å². The molecule has 1 heterocycles. The second-order valence-electron chi connectivity index (χ2n) is 3.57. The van der Waals surface area contributed by atoms with Crippen LogP contribution in [0, 0.1) is 6.92 Å². The molecule has 0 aliphatic carbocycles. The number of benzene rings is 1. The standard InChI is InChI=1S/C11H11BrClN3O/c1-7-15-11(16-17-7)6-14-5-8-4-9(13)2-3-10(8)12/h2-4,14H,5-6H2,1H3. The molecular weight excluding hydrogens is 305 g/mol. The zero-order chi connectivity index (χ0) is 12.3. The fraction of sp³-hybridized carbons (Fsp3) is 0.273. The quantitative estimate of drug-likeness (QED) is 0.942. The van der Waals surface area contributed by atoms with E-state index in [0.29, 0.717) is 24.8 Å². The number of nitrogens with zero attached hydrogens (tertiary/aromatic N) is 2. The van der Waals surface area contributed by atoms with Gasteiger partial charge in [-0.3, -0.25) is 0 Å². The summed E-state index contributed by atoms with van der Waals surface area (Å²) in [6.45, 7) is 3.02. The predicted octanol–water partition coefficient (Wildman–Crippen LogP) is 3.08. The van der Waals surface area contributed by atoms with Crippen molar-refractivity contribution in [1.82, 2.24) is 15.5 Å². The molecule has 6 heteroatoms. The highest BCUT2D eigenvalue weighted by molar-refractivity contribution is 9.10. The van der Waals surface area contributed by atoms with E-state index < -0.39 is 0 Å². The van der Waals surface area contributed by atoms with Gasteiger partial charge in [0.25, 0.3) is 0 Å². The van der Waals surface area contributed by atoms with Gasteiger partial charge in [0, 0.05) is 23.0 Å². The molecule has 2 aromatic rings. The van der Waals surface area contributed by atoms with Gasteiger partial charge >= 0.3 is 0 Å². The maximum atomic E-state index is 5.93. The van der Waals surface area contributed by atoms with Gasteiger partial charge in [-0.2, -0.15) is 4.98 Å². The highest BCUT2D eigenvalue weighted by Gasteiger charge is 2.03. The molecule has 0 spiro atoms. The third-order valence-electron chi connectivity index (χ3n) is 2.18. The van der Waals surface area contributed by atoms with Crippen LogP contribution in [0.15, 0.2) is 27.2 Å². The van der Waals surface area contributed by atoms with Crippen LogP contribution >= 0.6 is 27.5 Å². The average molecular weight is 317 g/mol. The van der Waals surface area contributed by atoms with E-state index in [-0.39, 0.29) is 0 Å². The maximum Gasteiger partial charge on any atom is 0.223 e. The minimum Gasteiger partial charge on any atom is -0.340 e. The van der Waals surface area contributed by atoms with Crippen LogP contribution in [0.3, 0.4) is 0 Å². The van der Waals surface area contributed by atoms with Crippen LogP contribution in [0.1, 0.15) is 17.3 Å². The third-order valence-corrected chi connectivity index (χ3v) is 3.18. The van der Waals surface area contributed by atoms with Crippen molar-refractivity contribution in [2.24, 2.45) is 0 Å². The average Bonchev–Trinajstić information content (AvgIpc) is 2.69. The van der Waals surface area contributed by atoms with Gasteiger partial charge in [-0.05, 0) is 23.8 Å². The van der Waals surface area contributed by atoms with Gasteiger partial charge in [0.15, 0.2) is 5.82 Å². The molecule has 1 aromatic carbocycles. The van der Waals surface area contributed by atoms with Crippen molar-refractivity contribution in [1.29, 1.82) is 0 Å². The maximum absolute atomic E-state index is 5.93. The van der Waals surface area contributed by atoms with Gasteiger partial charge in [0.1, 0.15) is 0 Å². The zero-order valence-corrected chi connectivity index (χ0v) is 11.5. The lowest BCUT2D eigenvalue weighted by Gasteiger charge is -2.05. The molecule has 2 rings (SSSR count). The number of hydrogen-bond donors (Lipinski definition) is 1. The monoisotopic (exact) mass is 315 g/mol. The van der Waals surface area contributed by atoms with Crippen LogP contribution in [0.25, 0.3) is 0 Å². The molecular formula is C11H11BrClN3O. The van der Waals surface area contributed by atoms with Crippen molar-refractivity contribution in [2.75, 3.05) is 0 Å². The fourth-order valence-electron chi connectivity index (χ4n) is 1.40. The summed E-state index contributed by atoms with van der Waals surface area (Å²) < 4.78 is 5.91. The van der Waals surface area contributed by atoms with Crippen molar-refractivity contribution in [3.8, 4) is 0 Å². The Kier molecular flexibility index (Phi) is 4.15. The number of aryl methyl sites for hydroxylation is 1. The molecule has 0 atom stereocenters. The van der Waals surface area contributed by atoms with E-state index in [1.54, 1.807) is 6.92 Å². The van der Waals surface area contributed by atoms with Crippen LogP contribution < -0.4 is 5.32 Å². The smallest absolute Gasteiger partial charge is 0.223 e. The number of hydrogen-bond acceptors (Lipinski definition) is 4. The summed E-state index contributed by atoms with van der Waals surface area (Å²) >= 11 is 9.40. The zero-order valence-electron chi connectivity index (χ0n) is 9.20. The minimum atomic E-state index is 0.566. The summed E-state index contributed by atoms with van der Waals surface area (Å²) in [5, 5.41) is 7.75. The molecule has 0 radical (unpaired) electrons. The highest BCUT2D eigenvalue weighted by Crippen LogP contribution is 2.20.